The highest BCUT2D eigenvalue weighted by Crippen LogP contribution is 2.10. The molecule has 1 aliphatic heterocycles. The molecule has 1 amide bonds. The van der Waals surface area contributed by atoms with E-state index in [1.807, 2.05) is 6.07 Å². The summed E-state index contributed by atoms with van der Waals surface area (Å²) in [4.78, 5) is 39.7. The van der Waals surface area contributed by atoms with Gasteiger partial charge in [0.1, 0.15) is 21.9 Å². The minimum atomic E-state index is -0.801. The van der Waals surface area contributed by atoms with Gasteiger partial charge in [-0.25, -0.2) is 4.79 Å². The Morgan fingerprint density at radius 2 is 1.97 bits per heavy atom. The van der Waals surface area contributed by atoms with Crippen LogP contribution < -0.4 is 25.4 Å². The van der Waals surface area contributed by atoms with E-state index in [0.29, 0.717) is 28.9 Å². The fourth-order valence-corrected chi connectivity index (χ4v) is 4.76. The lowest BCUT2D eigenvalue weighted by Crippen LogP contribution is -2.33. The molecule has 0 spiro atoms. The first-order chi connectivity index (χ1) is 17.0. The first kappa shape index (κ1) is 25.9. The number of amides is 1. The second kappa shape index (κ2) is 12.7. The van der Waals surface area contributed by atoms with Gasteiger partial charge in [0.15, 0.2) is 5.57 Å². The molecule has 10 heteroatoms. The van der Waals surface area contributed by atoms with Crippen molar-refractivity contribution in [3.8, 4) is 6.07 Å². The Morgan fingerprint density at radius 3 is 2.60 bits per heavy atom. The van der Waals surface area contributed by atoms with Gasteiger partial charge in [0.25, 0.3) is 11.5 Å². The van der Waals surface area contributed by atoms with Crippen molar-refractivity contribution in [3.05, 3.63) is 62.0 Å². The van der Waals surface area contributed by atoms with Gasteiger partial charge in [0, 0.05) is 37.1 Å². The van der Waals surface area contributed by atoms with Crippen molar-refractivity contribution in [3.63, 3.8) is 0 Å². The largest absolute Gasteiger partial charge is 0.457 e. The van der Waals surface area contributed by atoms with Gasteiger partial charge in [-0.1, -0.05) is 12.7 Å². The van der Waals surface area contributed by atoms with Crippen molar-refractivity contribution < 1.29 is 14.3 Å². The maximum atomic E-state index is 12.8. The van der Waals surface area contributed by atoms with Crippen molar-refractivity contribution in [2.75, 3.05) is 38.1 Å². The third-order valence-corrected chi connectivity index (χ3v) is 6.65. The predicted molar refractivity (Wildman–Crippen MR) is 136 cm³/mol. The van der Waals surface area contributed by atoms with Gasteiger partial charge < -0.3 is 20.3 Å². The highest BCUT2D eigenvalue weighted by molar-refractivity contribution is 7.07. The zero-order chi connectivity index (χ0) is 25.2. The Bertz CT molecular complexity index is 1280. The van der Waals surface area contributed by atoms with Crippen LogP contribution in [-0.4, -0.2) is 54.1 Å². The fourth-order valence-electron chi connectivity index (χ4n) is 3.68. The number of nitrogens with zero attached hydrogens (tertiary/aromatic N) is 3. The number of carbonyl (C=O) groups excluding carboxylic acids is 2. The molecule has 1 aromatic carbocycles. The number of aromatic nitrogens is 1. The Hall–Kier alpha value is -3.68. The molecule has 1 aromatic heterocycles. The summed E-state index contributed by atoms with van der Waals surface area (Å²) in [6, 6.07) is 8.77. The number of likely N-dealkylation sites (tertiary alicyclic amines) is 1. The van der Waals surface area contributed by atoms with E-state index in [2.05, 4.69) is 22.1 Å². The lowest BCUT2D eigenvalue weighted by molar-refractivity contribution is -0.135. The molecule has 1 fully saturated rings. The smallest absolute Gasteiger partial charge is 0.352 e. The molecule has 1 saturated heterocycles. The second-order valence-corrected chi connectivity index (χ2v) is 8.90. The van der Waals surface area contributed by atoms with Crippen LogP contribution in [0.1, 0.15) is 30.1 Å². The number of thiazole rings is 1. The Labute approximate surface area is 207 Å². The van der Waals surface area contributed by atoms with Gasteiger partial charge in [-0.15, -0.1) is 11.3 Å². The molecule has 1 aliphatic rings. The number of ether oxygens (including phenoxy) is 1. The molecule has 0 aliphatic carbocycles. The molecular formula is C25H29N5O4S. The normalized spacial score (nSPS) is 14.8. The summed E-state index contributed by atoms with van der Waals surface area (Å²) in [6.45, 7) is 9.16. The maximum Gasteiger partial charge on any atom is 0.352 e. The summed E-state index contributed by atoms with van der Waals surface area (Å²) >= 11 is 1.03. The van der Waals surface area contributed by atoms with E-state index in [-0.39, 0.29) is 28.3 Å². The summed E-state index contributed by atoms with van der Waals surface area (Å²) in [6.07, 6.45) is 5.37. The van der Waals surface area contributed by atoms with Gasteiger partial charge >= 0.3 is 5.97 Å². The number of anilines is 1. The van der Waals surface area contributed by atoms with Crippen molar-refractivity contribution >= 4 is 40.7 Å². The number of hydrogen-bond donors (Lipinski definition) is 2. The van der Waals surface area contributed by atoms with E-state index in [1.165, 1.54) is 29.7 Å². The first-order valence-corrected chi connectivity index (χ1v) is 12.3. The third kappa shape index (κ3) is 6.68. The third-order valence-electron chi connectivity index (χ3n) is 5.52. The first-order valence-electron chi connectivity index (χ1n) is 11.5. The second-order valence-electron chi connectivity index (χ2n) is 7.87. The van der Waals surface area contributed by atoms with Gasteiger partial charge in [-0.2, -0.15) is 5.26 Å². The monoisotopic (exact) mass is 495 g/mol. The van der Waals surface area contributed by atoms with Crippen LogP contribution in [0, 0.1) is 11.3 Å². The average molecular weight is 496 g/mol. The molecule has 0 radical (unpaired) electrons. The number of rotatable bonds is 10. The van der Waals surface area contributed by atoms with E-state index in [4.69, 9.17) is 4.74 Å². The van der Waals surface area contributed by atoms with Gasteiger partial charge in [-0.3, -0.25) is 14.2 Å². The number of hydrogen-bond acceptors (Lipinski definition) is 8. The van der Waals surface area contributed by atoms with Crippen LogP contribution in [0.2, 0.25) is 0 Å². The van der Waals surface area contributed by atoms with Gasteiger partial charge in [-0.05, 0) is 57.1 Å². The van der Waals surface area contributed by atoms with E-state index >= 15 is 0 Å². The fraction of sp³-hybridized carbons (Fsp3) is 0.360. The standard InChI is InChI=1S/C25H29N5O4S/c1-3-15-34-25(33)20(16-26)24-30(4-2)23(32)21(35-24)17-28-19-9-7-18(8-10-19)22(31)27-11-14-29-12-5-6-13-29/h3,7-10,17,28H,1,4-6,11-15H2,2H3,(H,27,31)/b21-17+,24-20-. The summed E-state index contributed by atoms with van der Waals surface area (Å²) < 4.78 is 6.90. The Balaban J connectivity index is 1.72. The molecule has 9 nitrogen and oxygen atoms in total. The summed E-state index contributed by atoms with van der Waals surface area (Å²) in [5.41, 5.74) is 0.690. The van der Waals surface area contributed by atoms with Crippen molar-refractivity contribution in [2.45, 2.75) is 26.3 Å². The predicted octanol–water partition coefficient (Wildman–Crippen LogP) is 1.01. The SMILES string of the molecule is C=CCOC(=O)/C(C#N)=c1\s/c(=C/Nc2ccc(C(=O)NCCN3CCCC3)cc2)c(=O)n1CC. The van der Waals surface area contributed by atoms with E-state index in [9.17, 15) is 19.6 Å². The summed E-state index contributed by atoms with van der Waals surface area (Å²) in [5.74, 6) is -0.930. The van der Waals surface area contributed by atoms with Crippen molar-refractivity contribution in [1.29, 1.82) is 5.26 Å². The number of nitriles is 1. The van der Waals surface area contributed by atoms with Gasteiger partial charge in [0.05, 0.1) is 0 Å². The summed E-state index contributed by atoms with van der Waals surface area (Å²) in [5, 5.41) is 15.5. The van der Waals surface area contributed by atoms with Crippen LogP contribution in [0.25, 0.3) is 11.8 Å². The minimum absolute atomic E-state index is 0.0290. The molecule has 0 bridgehead atoms. The molecule has 0 saturated carbocycles. The number of nitrogens with one attached hydrogen (secondary N) is 2. The number of benzene rings is 1. The minimum Gasteiger partial charge on any atom is -0.457 e. The maximum absolute atomic E-state index is 12.8. The topological polar surface area (TPSA) is 116 Å². The summed E-state index contributed by atoms with van der Waals surface area (Å²) in [7, 11) is 0. The Kier molecular flexibility index (Phi) is 9.40. The quantitative estimate of drug-likeness (QED) is 0.373. The molecule has 2 N–H and O–H groups in total. The number of carbonyl (C=O) groups is 2. The molecule has 0 atom stereocenters. The highest BCUT2D eigenvalue weighted by atomic mass is 32.1. The van der Waals surface area contributed by atoms with E-state index in [0.717, 1.165) is 31.0 Å². The zero-order valence-corrected chi connectivity index (χ0v) is 20.5. The molecule has 3 rings (SSSR count). The lowest BCUT2D eigenvalue weighted by Gasteiger charge is -2.14. The molecule has 35 heavy (non-hydrogen) atoms. The van der Waals surface area contributed by atoms with Crippen LogP contribution in [0.15, 0.2) is 41.7 Å². The average Bonchev–Trinajstić information content (AvgIpc) is 3.49. The van der Waals surface area contributed by atoms with Crippen LogP contribution in [-0.2, 0) is 16.1 Å². The molecule has 184 valence electrons. The van der Waals surface area contributed by atoms with Crippen LogP contribution >= 0.6 is 11.3 Å². The zero-order valence-electron chi connectivity index (χ0n) is 19.7. The van der Waals surface area contributed by atoms with Gasteiger partial charge in [0.2, 0.25) is 0 Å². The highest BCUT2D eigenvalue weighted by Gasteiger charge is 2.16. The Morgan fingerprint density at radius 1 is 1.26 bits per heavy atom. The molecule has 0 unspecified atom stereocenters. The molecule has 2 aromatic rings. The van der Waals surface area contributed by atoms with Crippen LogP contribution in [0.3, 0.4) is 0 Å². The van der Waals surface area contributed by atoms with Crippen LogP contribution in [0.5, 0.6) is 0 Å². The lowest BCUT2D eigenvalue weighted by atomic mass is 10.2. The van der Waals surface area contributed by atoms with E-state index < -0.39 is 5.97 Å². The van der Waals surface area contributed by atoms with Crippen LogP contribution in [0.4, 0.5) is 5.69 Å². The van der Waals surface area contributed by atoms with Crippen molar-refractivity contribution in [2.24, 2.45) is 0 Å². The van der Waals surface area contributed by atoms with E-state index in [1.54, 1.807) is 31.2 Å². The molecule has 2 heterocycles. The number of esters is 1. The molecular weight excluding hydrogens is 466 g/mol. The van der Waals surface area contributed by atoms with Crippen molar-refractivity contribution in [1.82, 2.24) is 14.8 Å².